The van der Waals surface area contributed by atoms with E-state index in [2.05, 4.69) is 97.4 Å². The van der Waals surface area contributed by atoms with E-state index in [1.54, 1.807) is 0 Å². The van der Waals surface area contributed by atoms with Gasteiger partial charge in [0.2, 0.25) is 0 Å². The number of hydrogen-bond acceptors (Lipinski definition) is 2. The second kappa shape index (κ2) is 9.99. The van der Waals surface area contributed by atoms with Crippen LogP contribution in [0.2, 0.25) is 5.04 Å². The average Bonchev–Trinajstić information content (AvgIpc) is 2.68. The summed E-state index contributed by atoms with van der Waals surface area (Å²) in [5.41, 5.74) is 0. The topological polar surface area (TPSA) is 26.3 Å². The normalized spacial score (nSPS) is 13.5. The third kappa shape index (κ3) is 5.02. The van der Waals surface area contributed by atoms with E-state index in [0.29, 0.717) is 17.7 Å². The smallest absolute Gasteiger partial charge is 0.261 e. The molecular weight excluding hydrogens is 428 g/mol. The van der Waals surface area contributed by atoms with E-state index in [1.165, 1.54) is 10.4 Å². The fourth-order valence-electron chi connectivity index (χ4n) is 3.88. The van der Waals surface area contributed by atoms with Gasteiger partial charge in [-0.1, -0.05) is 111 Å². The fraction of sp³-hybridized carbons (Fsp3) is 0.458. The Morgan fingerprint density at radius 1 is 0.964 bits per heavy atom. The van der Waals surface area contributed by atoms with Crippen molar-refractivity contribution >= 4 is 40.4 Å². The van der Waals surface area contributed by atoms with Crippen LogP contribution in [-0.2, 0) is 9.22 Å². The van der Waals surface area contributed by atoms with E-state index < -0.39 is 8.32 Å². The number of carbonyl (C=O) groups excluding carboxylic acids is 1. The van der Waals surface area contributed by atoms with Crippen molar-refractivity contribution in [1.82, 2.24) is 0 Å². The third-order valence-corrected chi connectivity index (χ3v) is 11.2. The first kappa shape index (κ1) is 23.0. The molecule has 0 saturated carbocycles. The lowest BCUT2D eigenvalue weighted by Crippen LogP contribution is -2.66. The van der Waals surface area contributed by atoms with Crippen molar-refractivity contribution in [2.45, 2.75) is 46.1 Å². The maximum absolute atomic E-state index is 12.5. The minimum absolute atomic E-state index is 0.00165. The molecular formula is C24H33BrO2Si. The van der Waals surface area contributed by atoms with Crippen LogP contribution in [0.15, 0.2) is 60.7 Å². The highest BCUT2D eigenvalue weighted by molar-refractivity contribution is 9.09. The number of hydrogen-bond donors (Lipinski definition) is 0. The van der Waals surface area contributed by atoms with Crippen LogP contribution >= 0.6 is 15.9 Å². The van der Waals surface area contributed by atoms with Crippen LogP contribution in [0.3, 0.4) is 0 Å². The Morgan fingerprint density at radius 2 is 1.43 bits per heavy atom. The number of halogens is 1. The molecule has 0 amide bonds. The van der Waals surface area contributed by atoms with Gasteiger partial charge in [-0.15, -0.1) is 0 Å². The van der Waals surface area contributed by atoms with Crippen molar-refractivity contribution in [3.05, 3.63) is 60.7 Å². The highest BCUT2D eigenvalue weighted by Gasteiger charge is 2.50. The maximum Gasteiger partial charge on any atom is 0.261 e. The minimum Gasteiger partial charge on any atom is -0.407 e. The molecule has 0 aliphatic heterocycles. The van der Waals surface area contributed by atoms with Crippen LogP contribution in [0.1, 0.15) is 41.0 Å². The Balaban J connectivity index is 2.40. The zero-order valence-corrected chi connectivity index (χ0v) is 20.3. The molecule has 2 aromatic rings. The van der Waals surface area contributed by atoms with Crippen LogP contribution in [-0.4, -0.2) is 26.0 Å². The zero-order chi connectivity index (χ0) is 20.8. The summed E-state index contributed by atoms with van der Waals surface area (Å²) in [7, 11) is -2.52. The van der Waals surface area contributed by atoms with E-state index in [0.717, 1.165) is 6.42 Å². The molecule has 0 radical (unpaired) electrons. The van der Waals surface area contributed by atoms with Gasteiger partial charge < -0.3 is 4.43 Å². The Morgan fingerprint density at radius 3 is 1.79 bits per heavy atom. The first-order valence-electron chi connectivity index (χ1n) is 10.1. The number of benzene rings is 2. The van der Waals surface area contributed by atoms with Crippen LogP contribution in [0.25, 0.3) is 0 Å². The van der Waals surface area contributed by atoms with Crippen molar-refractivity contribution in [3.63, 3.8) is 0 Å². The van der Waals surface area contributed by atoms with E-state index >= 15 is 0 Å². The largest absolute Gasteiger partial charge is 0.407 e. The Labute approximate surface area is 180 Å². The van der Waals surface area contributed by atoms with Crippen LogP contribution in [0.4, 0.5) is 0 Å². The number of rotatable bonds is 9. The van der Waals surface area contributed by atoms with E-state index in [-0.39, 0.29) is 16.9 Å². The SMILES string of the molecule is CC(C)C(=O)C(CBr)CCO[Si](c1ccccc1)(c1ccccc1)C(C)(C)C. The lowest BCUT2D eigenvalue weighted by Gasteiger charge is -2.43. The van der Waals surface area contributed by atoms with E-state index in [1.807, 2.05) is 13.8 Å². The summed E-state index contributed by atoms with van der Waals surface area (Å²) in [5.74, 6) is 0.358. The average molecular weight is 462 g/mol. The molecule has 0 fully saturated rings. The second-order valence-electron chi connectivity index (χ2n) is 8.71. The van der Waals surface area contributed by atoms with Gasteiger partial charge in [0.25, 0.3) is 8.32 Å². The molecule has 0 aliphatic rings. The molecule has 0 aliphatic carbocycles. The molecule has 0 spiro atoms. The van der Waals surface area contributed by atoms with Gasteiger partial charge in [-0.2, -0.15) is 0 Å². The molecule has 4 heteroatoms. The summed E-state index contributed by atoms with van der Waals surface area (Å²) in [6, 6.07) is 21.3. The highest BCUT2D eigenvalue weighted by Crippen LogP contribution is 2.37. The van der Waals surface area contributed by atoms with Gasteiger partial charge in [0, 0.05) is 23.8 Å². The number of Topliss-reactive ketones (excluding diaryl/α,β-unsaturated/α-hetero) is 1. The molecule has 0 heterocycles. The predicted octanol–water partition coefficient (Wildman–Crippen LogP) is 5.19. The van der Waals surface area contributed by atoms with Crippen LogP contribution in [0.5, 0.6) is 0 Å². The molecule has 0 N–H and O–H groups in total. The monoisotopic (exact) mass is 460 g/mol. The fourth-order valence-corrected chi connectivity index (χ4v) is 9.11. The summed E-state index contributed by atoms with van der Waals surface area (Å²) in [6.07, 6.45) is 0.743. The summed E-state index contributed by atoms with van der Waals surface area (Å²) in [5, 5.41) is 3.20. The first-order valence-corrected chi connectivity index (χ1v) is 13.1. The number of alkyl halides is 1. The van der Waals surface area contributed by atoms with Gasteiger partial charge in [0.15, 0.2) is 0 Å². The molecule has 2 nitrogen and oxygen atoms in total. The quantitative estimate of drug-likeness (QED) is 0.380. The lowest BCUT2D eigenvalue weighted by molar-refractivity contribution is -0.125. The predicted molar refractivity (Wildman–Crippen MR) is 125 cm³/mol. The molecule has 2 rings (SSSR count). The summed E-state index contributed by atoms with van der Waals surface area (Å²) >= 11 is 3.53. The Kier molecular flexibility index (Phi) is 8.23. The first-order chi connectivity index (χ1) is 13.2. The summed E-state index contributed by atoms with van der Waals surface area (Å²) < 4.78 is 6.89. The van der Waals surface area contributed by atoms with Gasteiger partial charge >= 0.3 is 0 Å². The lowest BCUT2D eigenvalue weighted by atomic mass is 9.95. The summed E-state index contributed by atoms with van der Waals surface area (Å²) in [4.78, 5) is 12.5. The second-order valence-corrected chi connectivity index (χ2v) is 13.7. The van der Waals surface area contributed by atoms with E-state index in [9.17, 15) is 4.79 Å². The minimum atomic E-state index is -2.52. The molecule has 152 valence electrons. The van der Waals surface area contributed by atoms with Gasteiger partial charge in [-0.05, 0) is 21.8 Å². The molecule has 0 aromatic heterocycles. The van der Waals surface area contributed by atoms with Crippen molar-refractivity contribution in [3.8, 4) is 0 Å². The number of carbonyl (C=O) groups is 1. The van der Waals surface area contributed by atoms with Crippen LogP contribution in [0, 0.1) is 11.8 Å². The molecule has 0 saturated heterocycles. The maximum atomic E-state index is 12.5. The Bertz CT molecular complexity index is 699. The molecule has 2 aromatic carbocycles. The molecule has 28 heavy (non-hydrogen) atoms. The van der Waals surface area contributed by atoms with Crippen LogP contribution < -0.4 is 10.4 Å². The van der Waals surface area contributed by atoms with Crippen molar-refractivity contribution in [1.29, 1.82) is 0 Å². The molecule has 0 bridgehead atoms. The molecule has 1 atom stereocenters. The third-order valence-electron chi connectivity index (χ3n) is 5.36. The Hall–Kier alpha value is -1.23. The van der Waals surface area contributed by atoms with Gasteiger partial charge in [0.1, 0.15) is 5.78 Å². The van der Waals surface area contributed by atoms with Gasteiger partial charge in [0.05, 0.1) is 0 Å². The number of ketones is 1. The standard InChI is InChI=1S/C24H33BrO2Si/c1-19(2)23(26)20(18-25)16-17-27-28(24(3,4)5,21-12-8-6-9-13-21)22-14-10-7-11-15-22/h6-15,19-20H,16-18H2,1-5H3. The highest BCUT2D eigenvalue weighted by atomic mass is 79.9. The van der Waals surface area contributed by atoms with Crippen molar-refractivity contribution < 1.29 is 9.22 Å². The van der Waals surface area contributed by atoms with Gasteiger partial charge in [-0.3, -0.25) is 4.79 Å². The van der Waals surface area contributed by atoms with Crippen molar-refractivity contribution in [2.24, 2.45) is 11.8 Å². The van der Waals surface area contributed by atoms with Gasteiger partial charge in [-0.25, -0.2) is 0 Å². The molecule has 1 unspecified atom stereocenters. The summed E-state index contributed by atoms with van der Waals surface area (Å²) in [6.45, 7) is 11.4. The van der Waals surface area contributed by atoms with Crippen molar-refractivity contribution in [2.75, 3.05) is 11.9 Å². The van der Waals surface area contributed by atoms with E-state index in [4.69, 9.17) is 4.43 Å². The zero-order valence-electron chi connectivity index (χ0n) is 17.7.